The van der Waals surface area contributed by atoms with Crippen molar-refractivity contribution in [3.05, 3.63) is 35.4 Å². The van der Waals surface area contributed by atoms with Crippen molar-refractivity contribution in [2.45, 2.75) is 45.7 Å². The molecule has 0 aromatic heterocycles. The van der Waals surface area contributed by atoms with E-state index >= 15 is 0 Å². The molecule has 2 nitrogen and oxygen atoms in total. The molecule has 0 saturated heterocycles. The van der Waals surface area contributed by atoms with E-state index in [0.29, 0.717) is 6.04 Å². The van der Waals surface area contributed by atoms with Gasteiger partial charge in [0.1, 0.15) is 0 Å². The van der Waals surface area contributed by atoms with E-state index in [2.05, 4.69) is 36.5 Å². The van der Waals surface area contributed by atoms with Gasteiger partial charge >= 0.3 is 0 Å². The molecule has 1 atom stereocenters. The normalized spacial score (nSPS) is 12.7. The van der Waals surface area contributed by atoms with Gasteiger partial charge in [-0.15, -0.1) is 0 Å². The molecule has 0 radical (unpaired) electrons. The lowest BCUT2D eigenvalue weighted by Gasteiger charge is -2.07. The Labute approximate surface area is 99.2 Å². The Morgan fingerprint density at radius 1 is 1.19 bits per heavy atom. The van der Waals surface area contributed by atoms with Crippen LogP contribution in [0.15, 0.2) is 24.3 Å². The van der Waals surface area contributed by atoms with Gasteiger partial charge < -0.3 is 11.1 Å². The van der Waals surface area contributed by atoms with Gasteiger partial charge in [-0.1, -0.05) is 37.6 Å². The van der Waals surface area contributed by atoms with E-state index in [0.717, 1.165) is 19.5 Å². The molecule has 0 bridgehead atoms. The molecule has 2 heteroatoms. The van der Waals surface area contributed by atoms with Gasteiger partial charge in [0.2, 0.25) is 0 Å². The fourth-order valence-corrected chi connectivity index (χ4v) is 1.67. The van der Waals surface area contributed by atoms with Crippen LogP contribution in [0.4, 0.5) is 0 Å². The molecule has 0 fully saturated rings. The molecule has 1 aromatic carbocycles. The number of nitrogens with one attached hydrogen (secondary N) is 1. The third-order valence-corrected chi connectivity index (χ3v) is 2.67. The van der Waals surface area contributed by atoms with Crippen LogP contribution >= 0.6 is 0 Å². The Bertz CT molecular complexity index is 277. The highest BCUT2D eigenvalue weighted by molar-refractivity contribution is 5.22. The smallest absolute Gasteiger partial charge is 0.0205 e. The number of benzene rings is 1. The molecule has 0 aliphatic heterocycles. The van der Waals surface area contributed by atoms with Crippen molar-refractivity contribution in [2.24, 2.45) is 5.73 Å². The van der Waals surface area contributed by atoms with Crippen molar-refractivity contribution < 1.29 is 0 Å². The van der Waals surface area contributed by atoms with Crippen LogP contribution in [0.25, 0.3) is 0 Å². The zero-order valence-corrected chi connectivity index (χ0v) is 10.5. The van der Waals surface area contributed by atoms with E-state index in [1.807, 2.05) is 6.92 Å². The average molecular weight is 220 g/mol. The monoisotopic (exact) mass is 220 g/mol. The van der Waals surface area contributed by atoms with E-state index in [4.69, 9.17) is 5.73 Å². The van der Waals surface area contributed by atoms with Gasteiger partial charge in [0.25, 0.3) is 0 Å². The molecule has 1 rings (SSSR count). The molecule has 0 heterocycles. The summed E-state index contributed by atoms with van der Waals surface area (Å²) in [5.74, 6) is 0. The third kappa shape index (κ3) is 5.29. The average Bonchev–Trinajstić information content (AvgIpc) is 2.27. The van der Waals surface area contributed by atoms with Crippen molar-refractivity contribution in [1.29, 1.82) is 0 Å². The molecule has 1 unspecified atom stereocenters. The van der Waals surface area contributed by atoms with Gasteiger partial charge in [-0.05, 0) is 37.4 Å². The summed E-state index contributed by atoms with van der Waals surface area (Å²) in [4.78, 5) is 0. The van der Waals surface area contributed by atoms with Crippen LogP contribution in [0.5, 0.6) is 0 Å². The van der Waals surface area contributed by atoms with Crippen LogP contribution < -0.4 is 11.1 Å². The fraction of sp³-hybridized carbons (Fsp3) is 0.571. The minimum Gasteiger partial charge on any atom is -0.328 e. The summed E-state index contributed by atoms with van der Waals surface area (Å²) in [5, 5.41) is 3.40. The topological polar surface area (TPSA) is 38.0 Å². The zero-order chi connectivity index (χ0) is 11.8. The quantitative estimate of drug-likeness (QED) is 0.693. The third-order valence-electron chi connectivity index (χ3n) is 2.67. The summed E-state index contributed by atoms with van der Waals surface area (Å²) >= 11 is 0. The summed E-state index contributed by atoms with van der Waals surface area (Å²) in [6.45, 7) is 6.19. The molecule has 1 aromatic rings. The molecule has 90 valence electrons. The first-order chi connectivity index (χ1) is 7.72. The lowest BCUT2D eigenvalue weighted by molar-refractivity contribution is 0.589. The number of nitrogens with two attached hydrogens (primary N) is 1. The summed E-state index contributed by atoms with van der Waals surface area (Å²) < 4.78 is 0. The van der Waals surface area contributed by atoms with Crippen LogP contribution in [-0.2, 0) is 13.0 Å². The standard InChI is InChI=1S/C14H24N2/c1-3-4-13-5-7-14(8-6-13)11-16-10-9-12(2)15/h5-8,12,16H,3-4,9-11,15H2,1-2H3. The molecular formula is C14H24N2. The van der Waals surface area contributed by atoms with Gasteiger partial charge in [0.05, 0.1) is 0 Å². The van der Waals surface area contributed by atoms with Crippen molar-refractivity contribution in [3.8, 4) is 0 Å². The molecule has 0 aliphatic carbocycles. The van der Waals surface area contributed by atoms with E-state index < -0.39 is 0 Å². The Morgan fingerprint density at radius 3 is 2.38 bits per heavy atom. The van der Waals surface area contributed by atoms with Crippen LogP contribution in [-0.4, -0.2) is 12.6 Å². The second kappa shape index (κ2) is 7.42. The molecule has 0 amide bonds. The van der Waals surface area contributed by atoms with E-state index in [1.165, 1.54) is 24.0 Å². The predicted molar refractivity (Wildman–Crippen MR) is 70.4 cm³/mol. The first-order valence-corrected chi connectivity index (χ1v) is 6.26. The minimum absolute atomic E-state index is 0.291. The van der Waals surface area contributed by atoms with E-state index in [9.17, 15) is 0 Å². The molecule has 0 saturated carbocycles. The van der Waals surface area contributed by atoms with Crippen LogP contribution in [0.1, 0.15) is 37.8 Å². The van der Waals surface area contributed by atoms with E-state index in [-0.39, 0.29) is 0 Å². The molecule has 16 heavy (non-hydrogen) atoms. The highest BCUT2D eigenvalue weighted by atomic mass is 14.9. The maximum atomic E-state index is 5.69. The second-order valence-corrected chi connectivity index (χ2v) is 4.51. The van der Waals surface area contributed by atoms with Gasteiger partial charge in [-0.2, -0.15) is 0 Å². The Kier molecular flexibility index (Phi) is 6.12. The van der Waals surface area contributed by atoms with Gasteiger partial charge in [-0.3, -0.25) is 0 Å². The zero-order valence-electron chi connectivity index (χ0n) is 10.5. The maximum Gasteiger partial charge on any atom is 0.0205 e. The Balaban J connectivity index is 2.26. The van der Waals surface area contributed by atoms with Crippen LogP contribution in [0, 0.1) is 0 Å². The van der Waals surface area contributed by atoms with Crippen molar-refractivity contribution >= 4 is 0 Å². The van der Waals surface area contributed by atoms with Crippen LogP contribution in [0.3, 0.4) is 0 Å². The predicted octanol–water partition coefficient (Wildman–Crippen LogP) is 2.47. The highest BCUT2D eigenvalue weighted by Crippen LogP contribution is 2.06. The lowest BCUT2D eigenvalue weighted by atomic mass is 10.1. The molecular weight excluding hydrogens is 196 g/mol. The number of aryl methyl sites for hydroxylation is 1. The van der Waals surface area contributed by atoms with Crippen molar-refractivity contribution in [1.82, 2.24) is 5.32 Å². The fourth-order valence-electron chi connectivity index (χ4n) is 1.67. The summed E-state index contributed by atoms with van der Waals surface area (Å²) in [6.07, 6.45) is 3.43. The van der Waals surface area contributed by atoms with Crippen LogP contribution in [0.2, 0.25) is 0 Å². The second-order valence-electron chi connectivity index (χ2n) is 4.51. The van der Waals surface area contributed by atoms with Crippen molar-refractivity contribution in [3.63, 3.8) is 0 Å². The van der Waals surface area contributed by atoms with E-state index in [1.54, 1.807) is 0 Å². The summed E-state index contributed by atoms with van der Waals surface area (Å²) in [5.41, 5.74) is 8.47. The first-order valence-electron chi connectivity index (χ1n) is 6.26. The number of hydrogen-bond donors (Lipinski definition) is 2. The Hall–Kier alpha value is -0.860. The lowest BCUT2D eigenvalue weighted by Crippen LogP contribution is -2.23. The SMILES string of the molecule is CCCc1ccc(CNCCC(C)N)cc1. The first kappa shape index (κ1) is 13.2. The van der Waals surface area contributed by atoms with Gasteiger partial charge in [-0.25, -0.2) is 0 Å². The Morgan fingerprint density at radius 2 is 1.81 bits per heavy atom. The van der Waals surface area contributed by atoms with Gasteiger partial charge in [0.15, 0.2) is 0 Å². The summed E-state index contributed by atoms with van der Waals surface area (Å²) in [6, 6.07) is 9.17. The molecule has 3 N–H and O–H groups in total. The summed E-state index contributed by atoms with van der Waals surface area (Å²) in [7, 11) is 0. The van der Waals surface area contributed by atoms with Gasteiger partial charge in [0, 0.05) is 12.6 Å². The van der Waals surface area contributed by atoms with Crippen molar-refractivity contribution in [2.75, 3.05) is 6.54 Å². The molecule has 0 aliphatic rings. The largest absolute Gasteiger partial charge is 0.328 e. The maximum absolute atomic E-state index is 5.69. The highest BCUT2D eigenvalue weighted by Gasteiger charge is 1.96. The number of rotatable bonds is 7. The number of hydrogen-bond acceptors (Lipinski definition) is 2. The molecule has 0 spiro atoms. The minimum atomic E-state index is 0.291.